The smallest absolute Gasteiger partial charge is 0.245 e. The van der Waals surface area contributed by atoms with E-state index in [1.165, 1.54) is 4.31 Å². The predicted molar refractivity (Wildman–Crippen MR) is 126 cm³/mol. The summed E-state index contributed by atoms with van der Waals surface area (Å²) in [7, 11) is -3.29. The van der Waals surface area contributed by atoms with Crippen LogP contribution in [0.3, 0.4) is 0 Å². The molecule has 1 saturated heterocycles. The van der Waals surface area contributed by atoms with E-state index in [0.29, 0.717) is 35.4 Å². The number of amides is 1. The van der Waals surface area contributed by atoms with Crippen LogP contribution < -0.4 is 9.62 Å². The summed E-state index contributed by atoms with van der Waals surface area (Å²) in [6, 6.07) is 13.0. The molecule has 2 aromatic heterocycles. The van der Waals surface area contributed by atoms with Gasteiger partial charge in [-0.05, 0) is 36.8 Å². The number of hydrogen-bond acceptors (Lipinski definition) is 5. The second kappa shape index (κ2) is 8.06. The van der Waals surface area contributed by atoms with Crippen LogP contribution in [0.5, 0.6) is 0 Å². The zero-order valence-electron chi connectivity index (χ0n) is 16.8. The zero-order valence-corrected chi connectivity index (χ0v) is 19.2. The molecule has 1 aliphatic heterocycles. The van der Waals surface area contributed by atoms with Crippen molar-refractivity contribution in [2.75, 3.05) is 21.9 Å². The Morgan fingerprint density at radius 3 is 2.75 bits per heavy atom. The van der Waals surface area contributed by atoms with Gasteiger partial charge in [-0.1, -0.05) is 28.1 Å². The summed E-state index contributed by atoms with van der Waals surface area (Å²) in [5.74, 6) is 0.238. The summed E-state index contributed by atoms with van der Waals surface area (Å²) in [5.41, 5.74) is 3.00. The van der Waals surface area contributed by atoms with E-state index in [4.69, 9.17) is 0 Å². The lowest BCUT2D eigenvalue weighted by molar-refractivity contribution is -0.116. The summed E-state index contributed by atoms with van der Waals surface area (Å²) in [4.78, 5) is 17.0. The molecule has 11 heteroatoms. The number of carbonyl (C=O) groups excluding carboxylic acids is 1. The van der Waals surface area contributed by atoms with Gasteiger partial charge in [0.25, 0.3) is 0 Å². The average molecular weight is 515 g/mol. The molecule has 164 valence electrons. The van der Waals surface area contributed by atoms with Crippen molar-refractivity contribution >= 4 is 54.3 Å². The fraction of sp³-hybridized carbons (Fsp3) is 0.190. The van der Waals surface area contributed by atoms with Crippen molar-refractivity contribution in [1.29, 1.82) is 0 Å². The quantitative estimate of drug-likeness (QED) is 0.423. The van der Waals surface area contributed by atoms with Crippen molar-refractivity contribution in [2.45, 2.75) is 13.0 Å². The lowest BCUT2D eigenvalue weighted by Crippen LogP contribution is -2.24. The highest BCUT2D eigenvalue weighted by molar-refractivity contribution is 9.10. The molecule has 2 N–H and O–H groups in total. The predicted octanol–water partition coefficient (Wildman–Crippen LogP) is 3.37. The van der Waals surface area contributed by atoms with Gasteiger partial charge in [0.05, 0.1) is 29.0 Å². The Morgan fingerprint density at radius 2 is 2.00 bits per heavy atom. The maximum Gasteiger partial charge on any atom is 0.245 e. The molecule has 1 fully saturated rings. The number of benzene rings is 2. The molecule has 4 aromatic rings. The number of sulfonamides is 1. The Bertz CT molecular complexity index is 1410. The maximum absolute atomic E-state index is 12.6. The Morgan fingerprint density at radius 1 is 1.19 bits per heavy atom. The fourth-order valence-electron chi connectivity index (χ4n) is 3.74. The number of anilines is 2. The number of fused-ring (bicyclic) bond motifs is 1. The van der Waals surface area contributed by atoms with E-state index in [9.17, 15) is 13.2 Å². The molecule has 0 radical (unpaired) electrons. The molecule has 1 aliphatic rings. The number of nitrogens with one attached hydrogen (secondary N) is 2. The Labute approximate surface area is 192 Å². The highest BCUT2D eigenvalue weighted by atomic mass is 79.9. The van der Waals surface area contributed by atoms with Gasteiger partial charge in [-0.15, -0.1) is 0 Å². The largest absolute Gasteiger partial charge is 0.327 e. The summed E-state index contributed by atoms with van der Waals surface area (Å²) < 4.78 is 28.6. The second-order valence-electron chi connectivity index (χ2n) is 7.53. The van der Waals surface area contributed by atoms with Crippen LogP contribution in [-0.2, 0) is 21.4 Å². The number of H-pyrrole nitrogens is 1. The van der Waals surface area contributed by atoms with Gasteiger partial charge in [0, 0.05) is 28.2 Å². The van der Waals surface area contributed by atoms with Gasteiger partial charge in [-0.25, -0.2) is 13.4 Å². The first-order chi connectivity index (χ1) is 15.4. The molecule has 0 aliphatic carbocycles. The van der Waals surface area contributed by atoms with Gasteiger partial charge in [-0.2, -0.15) is 5.10 Å². The van der Waals surface area contributed by atoms with Gasteiger partial charge in [-0.3, -0.25) is 14.2 Å². The lowest BCUT2D eigenvalue weighted by Gasteiger charge is -2.16. The molecule has 9 nitrogen and oxygen atoms in total. The normalized spacial score (nSPS) is 15.3. The third kappa shape index (κ3) is 4.00. The number of imidazole rings is 1. The fourth-order valence-corrected chi connectivity index (χ4v) is 5.56. The standard InChI is InChI=1S/C21H19BrN6O3S/c22-15-4-2-14(3-5-15)19-11-27(13-23-19)12-20(29)24-21-17-10-16(6-7-18(17)25-26-21)28-8-1-9-32(28,30)31/h2-7,10-11,13H,1,8-9,12H2,(H2,24,25,26,29). The first-order valence-corrected chi connectivity index (χ1v) is 12.4. The van der Waals surface area contributed by atoms with Crippen molar-refractivity contribution in [1.82, 2.24) is 19.7 Å². The van der Waals surface area contributed by atoms with Gasteiger partial charge in [0.1, 0.15) is 6.54 Å². The molecule has 0 unspecified atom stereocenters. The van der Waals surface area contributed by atoms with Crippen molar-refractivity contribution in [3.8, 4) is 11.3 Å². The van der Waals surface area contributed by atoms with Gasteiger partial charge in [0.2, 0.25) is 15.9 Å². The van der Waals surface area contributed by atoms with Crippen molar-refractivity contribution < 1.29 is 13.2 Å². The van der Waals surface area contributed by atoms with E-state index >= 15 is 0 Å². The molecule has 0 bridgehead atoms. The van der Waals surface area contributed by atoms with E-state index in [1.807, 2.05) is 30.5 Å². The molecule has 0 atom stereocenters. The number of hydrogen-bond donors (Lipinski definition) is 2. The molecule has 3 heterocycles. The number of aromatic amines is 1. The second-order valence-corrected chi connectivity index (χ2v) is 10.5. The molecule has 0 saturated carbocycles. The molecule has 0 spiro atoms. The Hall–Kier alpha value is -3.18. The van der Waals surface area contributed by atoms with Crippen LogP contribution in [0.25, 0.3) is 22.2 Å². The summed E-state index contributed by atoms with van der Waals surface area (Å²) >= 11 is 3.41. The third-order valence-electron chi connectivity index (χ3n) is 5.29. The summed E-state index contributed by atoms with van der Waals surface area (Å²) in [5, 5.41) is 10.5. The Kier molecular flexibility index (Phi) is 5.22. The van der Waals surface area contributed by atoms with E-state index in [0.717, 1.165) is 15.7 Å². The zero-order chi connectivity index (χ0) is 22.3. The molecule has 32 heavy (non-hydrogen) atoms. The number of carbonyl (C=O) groups is 1. The average Bonchev–Trinajstić information content (AvgIpc) is 3.47. The SMILES string of the molecule is O=C(Cn1cnc(-c2ccc(Br)cc2)c1)Nc1n[nH]c2ccc(N3CCCS3(=O)=O)cc12. The van der Waals surface area contributed by atoms with Crippen LogP contribution in [0.2, 0.25) is 0 Å². The maximum atomic E-state index is 12.6. The van der Waals surface area contributed by atoms with E-state index in [2.05, 4.69) is 36.4 Å². The van der Waals surface area contributed by atoms with E-state index in [-0.39, 0.29) is 18.2 Å². The molecule has 1 amide bonds. The molecular weight excluding hydrogens is 496 g/mol. The van der Waals surface area contributed by atoms with Crippen molar-refractivity contribution in [3.63, 3.8) is 0 Å². The van der Waals surface area contributed by atoms with Crippen LogP contribution in [0.15, 0.2) is 59.5 Å². The monoisotopic (exact) mass is 514 g/mol. The van der Waals surface area contributed by atoms with Crippen LogP contribution in [0, 0.1) is 0 Å². The van der Waals surface area contributed by atoms with Gasteiger partial charge >= 0.3 is 0 Å². The topological polar surface area (TPSA) is 113 Å². The number of halogens is 1. The number of nitrogens with zero attached hydrogens (tertiary/aromatic N) is 4. The highest BCUT2D eigenvalue weighted by Gasteiger charge is 2.28. The van der Waals surface area contributed by atoms with Gasteiger partial charge < -0.3 is 9.88 Å². The molecule has 5 rings (SSSR count). The third-order valence-corrected chi connectivity index (χ3v) is 7.69. The first-order valence-electron chi connectivity index (χ1n) is 9.95. The highest BCUT2D eigenvalue weighted by Crippen LogP contribution is 2.30. The summed E-state index contributed by atoms with van der Waals surface area (Å²) in [6.45, 7) is 0.521. The number of rotatable bonds is 5. The van der Waals surface area contributed by atoms with Crippen molar-refractivity contribution in [2.24, 2.45) is 0 Å². The van der Waals surface area contributed by atoms with E-state index in [1.54, 1.807) is 29.1 Å². The van der Waals surface area contributed by atoms with E-state index < -0.39 is 10.0 Å². The Balaban J connectivity index is 1.33. The number of aromatic nitrogens is 4. The molecule has 2 aromatic carbocycles. The molecular formula is C21H19BrN6O3S. The van der Waals surface area contributed by atoms with Crippen LogP contribution >= 0.6 is 15.9 Å². The van der Waals surface area contributed by atoms with Gasteiger partial charge in [0.15, 0.2) is 5.82 Å². The first kappa shape index (κ1) is 20.7. The van der Waals surface area contributed by atoms with Crippen LogP contribution in [0.1, 0.15) is 6.42 Å². The minimum Gasteiger partial charge on any atom is -0.327 e. The minimum atomic E-state index is -3.29. The summed E-state index contributed by atoms with van der Waals surface area (Å²) in [6.07, 6.45) is 4.01. The van der Waals surface area contributed by atoms with Crippen LogP contribution in [0.4, 0.5) is 11.5 Å². The lowest BCUT2D eigenvalue weighted by atomic mass is 10.2. The van der Waals surface area contributed by atoms with Crippen molar-refractivity contribution in [3.05, 3.63) is 59.5 Å². The van der Waals surface area contributed by atoms with Crippen LogP contribution in [-0.4, -0.2) is 46.4 Å². The minimum absolute atomic E-state index is 0.0675.